The summed E-state index contributed by atoms with van der Waals surface area (Å²) >= 11 is 0. The minimum Gasteiger partial charge on any atom is -0.394 e. The Morgan fingerprint density at radius 3 is 1.73 bits per heavy atom. The Labute approximate surface area is 125 Å². The highest BCUT2D eigenvalue weighted by Gasteiger charge is 2.42. The lowest BCUT2D eigenvalue weighted by Crippen LogP contribution is -2.58. The van der Waals surface area contributed by atoms with Crippen LogP contribution < -0.4 is 0 Å². The number of aliphatic hydroxyl groups is 9. The molecule has 0 aromatic rings. The van der Waals surface area contributed by atoms with Crippen LogP contribution >= 0.6 is 0 Å². The molecule has 2 aliphatic heterocycles. The number of hydrogen-bond donors (Lipinski definition) is 9. The van der Waals surface area contributed by atoms with E-state index in [1.54, 1.807) is 0 Å². The summed E-state index contributed by atoms with van der Waals surface area (Å²) in [4.78, 5) is 0. The van der Waals surface area contributed by atoms with Gasteiger partial charge in [-0.25, -0.2) is 0 Å². The van der Waals surface area contributed by atoms with Gasteiger partial charge in [0.15, 0.2) is 12.6 Å². The standard InChI is InChI=1S/C6H12O6.C5H10O5/c7-1-2-3(8)4(9)5(10)6(11)12-2;6-2-1-10-5(9)4(8)3(2)7/h2-11H,1H2;2-9H,1H2/t;2-,3+,4-,5?/m.1/s1. The molecular weight excluding hydrogens is 308 g/mol. The first-order valence-corrected chi connectivity index (χ1v) is 6.53. The highest BCUT2D eigenvalue weighted by molar-refractivity contribution is 4.88. The van der Waals surface area contributed by atoms with Gasteiger partial charge in [-0.3, -0.25) is 0 Å². The summed E-state index contributed by atoms with van der Waals surface area (Å²) in [6.07, 6.45) is -12.3. The molecule has 0 amide bonds. The van der Waals surface area contributed by atoms with Crippen molar-refractivity contribution >= 4 is 0 Å². The van der Waals surface area contributed by atoms with E-state index in [0.717, 1.165) is 0 Å². The fourth-order valence-electron chi connectivity index (χ4n) is 1.87. The van der Waals surface area contributed by atoms with Gasteiger partial charge in [-0.2, -0.15) is 0 Å². The average Bonchev–Trinajstić information content (AvgIpc) is 2.51. The zero-order valence-electron chi connectivity index (χ0n) is 11.5. The number of ether oxygens (including phenoxy) is 2. The summed E-state index contributed by atoms with van der Waals surface area (Å²) in [5, 5.41) is 79.9. The zero-order valence-corrected chi connectivity index (χ0v) is 11.5. The second kappa shape index (κ2) is 8.42. The Kier molecular flexibility index (Phi) is 7.51. The van der Waals surface area contributed by atoms with Crippen LogP contribution in [0.4, 0.5) is 0 Å². The SMILES string of the molecule is OC1OC[C@@H](O)[C@H](O)[C@H]1O.OCC1OC(O)C(O)C(O)C1O. The fraction of sp³-hybridized carbons (Fsp3) is 1.00. The van der Waals surface area contributed by atoms with Crippen molar-refractivity contribution in [1.82, 2.24) is 0 Å². The maximum atomic E-state index is 9.12. The van der Waals surface area contributed by atoms with Gasteiger partial charge in [0, 0.05) is 0 Å². The molecule has 0 aromatic heterocycles. The van der Waals surface area contributed by atoms with Gasteiger partial charge in [0.25, 0.3) is 0 Å². The van der Waals surface area contributed by atoms with E-state index in [1.165, 1.54) is 0 Å². The van der Waals surface area contributed by atoms with E-state index < -0.39 is 61.9 Å². The molecule has 2 rings (SSSR count). The van der Waals surface area contributed by atoms with Gasteiger partial charge in [-0.1, -0.05) is 0 Å². The molecule has 0 bridgehead atoms. The minimum atomic E-state index is -1.57. The molecule has 22 heavy (non-hydrogen) atoms. The van der Waals surface area contributed by atoms with Crippen molar-refractivity contribution in [2.75, 3.05) is 13.2 Å². The Balaban J connectivity index is 0.000000224. The van der Waals surface area contributed by atoms with Gasteiger partial charge in [-0.05, 0) is 0 Å². The smallest absolute Gasteiger partial charge is 0.184 e. The third-order valence-electron chi connectivity index (χ3n) is 3.34. The van der Waals surface area contributed by atoms with Gasteiger partial charge >= 0.3 is 0 Å². The molecule has 2 heterocycles. The van der Waals surface area contributed by atoms with Crippen LogP contribution in [-0.2, 0) is 9.47 Å². The maximum Gasteiger partial charge on any atom is 0.184 e. The van der Waals surface area contributed by atoms with Crippen LogP contribution in [0.1, 0.15) is 0 Å². The van der Waals surface area contributed by atoms with Crippen molar-refractivity contribution in [1.29, 1.82) is 0 Å². The summed E-state index contributed by atoms with van der Waals surface area (Å²) in [5.41, 5.74) is 0. The highest BCUT2D eigenvalue weighted by Crippen LogP contribution is 2.19. The Morgan fingerprint density at radius 1 is 0.682 bits per heavy atom. The van der Waals surface area contributed by atoms with Crippen LogP contribution in [0, 0.1) is 0 Å². The van der Waals surface area contributed by atoms with Gasteiger partial charge < -0.3 is 55.4 Å². The lowest BCUT2D eigenvalue weighted by atomic mass is 10.00. The summed E-state index contributed by atoms with van der Waals surface area (Å²) in [6.45, 7) is -0.679. The number of hydrogen-bond acceptors (Lipinski definition) is 11. The van der Waals surface area contributed by atoms with Gasteiger partial charge in [0.05, 0.1) is 13.2 Å². The monoisotopic (exact) mass is 330 g/mol. The topological polar surface area (TPSA) is 201 Å². The molecule has 0 spiro atoms. The van der Waals surface area contributed by atoms with E-state index in [0.29, 0.717) is 0 Å². The summed E-state index contributed by atoms with van der Waals surface area (Å²) in [6, 6.07) is 0. The van der Waals surface area contributed by atoms with Crippen molar-refractivity contribution in [2.45, 2.75) is 55.3 Å². The molecule has 2 saturated heterocycles. The van der Waals surface area contributed by atoms with Crippen LogP contribution in [0.25, 0.3) is 0 Å². The van der Waals surface area contributed by atoms with E-state index in [1.807, 2.05) is 0 Å². The Bertz CT molecular complexity index is 310. The second-order valence-electron chi connectivity index (χ2n) is 4.99. The second-order valence-corrected chi connectivity index (χ2v) is 4.99. The van der Waals surface area contributed by atoms with Crippen LogP contribution in [0.15, 0.2) is 0 Å². The molecule has 0 aliphatic carbocycles. The lowest BCUT2D eigenvalue weighted by molar-refractivity contribution is -0.286. The fourth-order valence-corrected chi connectivity index (χ4v) is 1.87. The zero-order chi connectivity index (χ0) is 17.0. The van der Waals surface area contributed by atoms with E-state index in [-0.39, 0.29) is 6.61 Å². The highest BCUT2D eigenvalue weighted by atomic mass is 16.6. The van der Waals surface area contributed by atoms with Crippen molar-refractivity contribution in [3.8, 4) is 0 Å². The molecule has 0 aromatic carbocycles. The molecule has 0 radical (unpaired) electrons. The third-order valence-corrected chi connectivity index (χ3v) is 3.34. The average molecular weight is 330 g/mol. The quantitative estimate of drug-likeness (QED) is 0.222. The van der Waals surface area contributed by atoms with Gasteiger partial charge in [0.2, 0.25) is 0 Å². The first-order valence-electron chi connectivity index (χ1n) is 6.53. The first kappa shape index (κ1) is 19.6. The van der Waals surface area contributed by atoms with E-state index >= 15 is 0 Å². The molecule has 9 N–H and O–H groups in total. The third kappa shape index (κ3) is 4.53. The molecule has 2 fully saturated rings. The van der Waals surface area contributed by atoms with Gasteiger partial charge in [0.1, 0.15) is 42.7 Å². The van der Waals surface area contributed by atoms with Crippen LogP contribution in [0.3, 0.4) is 0 Å². The Hall–Kier alpha value is -0.440. The van der Waals surface area contributed by atoms with Gasteiger partial charge in [-0.15, -0.1) is 0 Å². The first-order chi connectivity index (χ1) is 10.2. The molecule has 2 aliphatic rings. The molecule has 9 atom stereocenters. The predicted octanol–water partition coefficient (Wildman–Crippen LogP) is -5.80. The minimum absolute atomic E-state index is 0.153. The van der Waals surface area contributed by atoms with E-state index in [9.17, 15) is 0 Å². The van der Waals surface area contributed by atoms with Crippen molar-refractivity contribution in [2.24, 2.45) is 0 Å². The van der Waals surface area contributed by atoms with E-state index in [4.69, 9.17) is 46.0 Å². The molecule has 132 valence electrons. The Morgan fingerprint density at radius 2 is 1.23 bits per heavy atom. The lowest BCUT2D eigenvalue weighted by Gasteiger charge is -2.37. The van der Waals surface area contributed by atoms with Crippen molar-refractivity contribution < 1.29 is 55.4 Å². The molecule has 6 unspecified atom stereocenters. The molecule has 0 saturated carbocycles. The van der Waals surface area contributed by atoms with Crippen LogP contribution in [-0.4, -0.2) is 114 Å². The normalized spacial score (nSPS) is 49.2. The molecule has 11 nitrogen and oxygen atoms in total. The number of aliphatic hydroxyl groups excluding tert-OH is 9. The molecule has 11 heteroatoms. The van der Waals surface area contributed by atoms with Crippen LogP contribution in [0.5, 0.6) is 0 Å². The van der Waals surface area contributed by atoms with Crippen LogP contribution in [0.2, 0.25) is 0 Å². The largest absolute Gasteiger partial charge is 0.394 e. The van der Waals surface area contributed by atoms with Crippen molar-refractivity contribution in [3.63, 3.8) is 0 Å². The molecular formula is C11H22O11. The summed E-state index contributed by atoms with van der Waals surface area (Å²) in [5.74, 6) is 0. The maximum absolute atomic E-state index is 9.12. The van der Waals surface area contributed by atoms with Crippen molar-refractivity contribution in [3.05, 3.63) is 0 Å². The predicted molar refractivity (Wildman–Crippen MR) is 66.0 cm³/mol. The number of rotatable bonds is 1. The summed E-state index contributed by atoms with van der Waals surface area (Å²) < 4.78 is 9.04. The van der Waals surface area contributed by atoms with E-state index in [2.05, 4.69) is 9.47 Å². The summed E-state index contributed by atoms with van der Waals surface area (Å²) in [7, 11) is 0.